The predicted octanol–water partition coefficient (Wildman–Crippen LogP) is 3.83. The van der Waals surface area contributed by atoms with Gasteiger partial charge in [0.2, 0.25) is 5.91 Å². The van der Waals surface area contributed by atoms with Crippen LogP contribution in [0.15, 0.2) is 42.5 Å². The van der Waals surface area contributed by atoms with Crippen LogP contribution in [0.2, 0.25) is 5.02 Å². The third-order valence-corrected chi connectivity index (χ3v) is 5.02. The maximum Gasteiger partial charge on any atom is 0.254 e. The summed E-state index contributed by atoms with van der Waals surface area (Å²) in [6, 6.07) is 13.0. The Morgan fingerprint density at radius 3 is 2.44 bits per heavy atom. The minimum absolute atomic E-state index is 0.0671. The van der Waals surface area contributed by atoms with Crippen LogP contribution >= 0.6 is 11.6 Å². The van der Waals surface area contributed by atoms with Crippen molar-refractivity contribution in [1.29, 1.82) is 0 Å². The first kappa shape index (κ1) is 17.5. The van der Waals surface area contributed by atoms with Crippen LogP contribution in [0.25, 0.3) is 0 Å². The van der Waals surface area contributed by atoms with Gasteiger partial charge in [-0.25, -0.2) is 0 Å². The molecule has 0 radical (unpaired) electrons. The summed E-state index contributed by atoms with van der Waals surface area (Å²) in [6.45, 7) is 6.41. The van der Waals surface area contributed by atoms with Gasteiger partial charge in [0.25, 0.3) is 5.91 Å². The van der Waals surface area contributed by atoms with Crippen molar-refractivity contribution in [3.05, 3.63) is 64.2 Å². The lowest BCUT2D eigenvalue weighted by molar-refractivity contribution is -0.121. The highest BCUT2D eigenvalue weighted by Gasteiger charge is 2.33. The summed E-state index contributed by atoms with van der Waals surface area (Å²) in [7, 11) is 0. The minimum Gasteiger partial charge on any atom is -0.325 e. The summed E-state index contributed by atoms with van der Waals surface area (Å²) in [5.74, 6) is -0.204. The highest BCUT2D eigenvalue weighted by Crippen LogP contribution is 2.23. The van der Waals surface area contributed by atoms with E-state index in [-0.39, 0.29) is 24.4 Å². The Bertz CT molecular complexity index is 817. The molecule has 1 fully saturated rings. The van der Waals surface area contributed by atoms with Gasteiger partial charge in [0.15, 0.2) is 0 Å². The standard InChI is InChI=1S/C20H21ClN2O2/c1-13-4-7-17(8-5-13)23-11-15(3)22(12-19(23)24)20(25)16-6-9-18(21)14(2)10-16/h4-10,15H,11-12H2,1-3H3/t15-/m1/s1. The first-order chi connectivity index (χ1) is 11.9. The lowest BCUT2D eigenvalue weighted by Crippen LogP contribution is -2.57. The second-order valence-electron chi connectivity index (χ2n) is 6.59. The fraction of sp³-hybridized carbons (Fsp3) is 0.300. The Kier molecular flexibility index (Phi) is 4.82. The number of benzene rings is 2. The van der Waals surface area contributed by atoms with Gasteiger partial charge < -0.3 is 9.80 Å². The van der Waals surface area contributed by atoms with Crippen molar-refractivity contribution in [3.8, 4) is 0 Å². The molecule has 0 unspecified atom stereocenters. The smallest absolute Gasteiger partial charge is 0.254 e. The molecule has 0 saturated carbocycles. The van der Waals surface area contributed by atoms with Gasteiger partial charge in [-0.1, -0.05) is 29.3 Å². The van der Waals surface area contributed by atoms with Crippen molar-refractivity contribution < 1.29 is 9.59 Å². The lowest BCUT2D eigenvalue weighted by Gasteiger charge is -2.39. The summed E-state index contributed by atoms with van der Waals surface area (Å²) in [5, 5.41) is 0.630. The molecule has 2 aromatic carbocycles. The SMILES string of the molecule is Cc1ccc(N2C[C@@H](C)N(C(=O)c3ccc(Cl)c(C)c3)CC2=O)cc1. The number of aryl methyl sites for hydroxylation is 2. The zero-order valence-corrected chi connectivity index (χ0v) is 15.4. The zero-order valence-electron chi connectivity index (χ0n) is 14.6. The van der Waals surface area contributed by atoms with Gasteiger partial charge in [-0.3, -0.25) is 9.59 Å². The van der Waals surface area contributed by atoms with Crippen LogP contribution < -0.4 is 4.90 Å². The number of hydrogen-bond acceptors (Lipinski definition) is 2. The Labute approximate surface area is 153 Å². The average molecular weight is 357 g/mol. The van der Waals surface area contributed by atoms with E-state index in [1.54, 1.807) is 28.0 Å². The van der Waals surface area contributed by atoms with E-state index in [0.29, 0.717) is 17.1 Å². The molecule has 130 valence electrons. The van der Waals surface area contributed by atoms with E-state index in [1.807, 2.05) is 45.0 Å². The maximum atomic E-state index is 12.8. The summed E-state index contributed by atoms with van der Waals surface area (Å²) in [6.07, 6.45) is 0. The quantitative estimate of drug-likeness (QED) is 0.820. The molecule has 0 aromatic heterocycles. The summed E-state index contributed by atoms with van der Waals surface area (Å²) < 4.78 is 0. The molecule has 4 nitrogen and oxygen atoms in total. The van der Waals surface area contributed by atoms with E-state index >= 15 is 0 Å². The van der Waals surface area contributed by atoms with E-state index in [0.717, 1.165) is 16.8 Å². The fourth-order valence-electron chi connectivity index (χ4n) is 3.04. The molecule has 5 heteroatoms. The third-order valence-electron chi connectivity index (χ3n) is 4.60. The fourth-order valence-corrected chi connectivity index (χ4v) is 3.16. The molecule has 1 aliphatic rings. The van der Waals surface area contributed by atoms with Crippen molar-refractivity contribution >= 4 is 29.1 Å². The van der Waals surface area contributed by atoms with Crippen LogP contribution in [-0.2, 0) is 4.79 Å². The summed E-state index contributed by atoms with van der Waals surface area (Å²) >= 11 is 6.04. The molecule has 1 atom stereocenters. The zero-order chi connectivity index (χ0) is 18.1. The van der Waals surface area contributed by atoms with Crippen molar-refractivity contribution in [2.24, 2.45) is 0 Å². The molecule has 0 spiro atoms. The Balaban J connectivity index is 1.79. The Morgan fingerprint density at radius 1 is 1.12 bits per heavy atom. The highest BCUT2D eigenvalue weighted by atomic mass is 35.5. The largest absolute Gasteiger partial charge is 0.325 e. The maximum absolute atomic E-state index is 12.8. The number of amides is 2. The number of anilines is 1. The molecule has 2 amide bonds. The van der Waals surface area contributed by atoms with Crippen LogP contribution in [0.3, 0.4) is 0 Å². The number of rotatable bonds is 2. The van der Waals surface area contributed by atoms with E-state index in [9.17, 15) is 9.59 Å². The average Bonchev–Trinajstić information content (AvgIpc) is 2.59. The van der Waals surface area contributed by atoms with Gasteiger partial charge in [0, 0.05) is 28.9 Å². The minimum atomic E-state index is -0.135. The molecule has 1 aliphatic heterocycles. The van der Waals surface area contributed by atoms with Crippen LogP contribution in [0.5, 0.6) is 0 Å². The molecule has 1 saturated heterocycles. The van der Waals surface area contributed by atoms with Gasteiger partial charge >= 0.3 is 0 Å². The van der Waals surface area contributed by atoms with Gasteiger partial charge in [-0.05, 0) is 56.7 Å². The van der Waals surface area contributed by atoms with Crippen LogP contribution in [0.1, 0.15) is 28.4 Å². The van der Waals surface area contributed by atoms with Gasteiger partial charge in [0.05, 0.1) is 0 Å². The second-order valence-corrected chi connectivity index (χ2v) is 6.99. The summed E-state index contributed by atoms with van der Waals surface area (Å²) in [5.41, 5.74) is 3.43. The van der Waals surface area contributed by atoms with Crippen LogP contribution in [0.4, 0.5) is 5.69 Å². The van der Waals surface area contributed by atoms with Gasteiger partial charge in [0.1, 0.15) is 6.54 Å². The van der Waals surface area contributed by atoms with E-state index in [2.05, 4.69) is 0 Å². The first-order valence-corrected chi connectivity index (χ1v) is 8.69. The summed E-state index contributed by atoms with van der Waals surface area (Å²) in [4.78, 5) is 28.8. The molecule has 25 heavy (non-hydrogen) atoms. The first-order valence-electron chi connectivity index (χ1n) is 8.31. The van der Waals surface area contributed by atoms with Gasteiger partial charge in [-0.15, -0.1) is 0 Å². The molecule has 2 aromatic rings. The van der Waals surface area contributed by atoms with Crippen molar-refractivity contribution in [2.45, 2.75) is 26.8 Å². The number of halogens is 1. The molecule has 3 rings (SSSR count). The van der Waals surface area contributed by atoms with Crippen molar-refractivity contribution in [1.82, 2.24) is 4.90 Å². The lowest BCUT2D eigenvalue weighted by atomic mass is 10.1. The predicted molar refractivity (Wildman–Crippen MR) is 100 cm³/mol. The number of carbonyl (C=O) groups is 2. The number of piperazine rings is 1. The Hall–Kier alpha value is -2.33. The monoisotopic (exact) mass is 356 g/mol. The second kappa shape index (κ2) is 6.89. The number of carbonyl (C=O) groups excluding carboxylic acids is 2. The number of hydrogen-bond donors (Lipinski definition) is 0. The number of nitrogens with zero attached hydrogens (tertiary/aromatic N) is 2. The van der Waals surface area contributed by atoms with E-state index in [1.165, 1.54) is 0 Å². The molecular formula is C20H21ClN2O2. The van der Waals surface area contributed by atoms with Gasteiger partial charge in [-0.2, -0.15) is 0 Å². The molecule has 0 bridgehead atoms. The molecule has 1 heterocycles. The highest BCUT2D eigenvalue weighted by molar-refractivity contribution is 6.31. The van der Waals surface area contributed by atoms with E-state index < -0.39 is 0 Å². The Morgan fingerprint density at radius 2 is 1.80 bits per heavy atom. The molecule has 0 N–H and O–H groups in total. The van der Waals surface area contributed by atoms with Crippen molar-refractivity contribution in [3.63, 3.8) is 0 Å². The molecular weight excluding hydrogens is 336 g/mol. The normalized spacial score (nSPS) is 17.8. The van der Waals surface area contributed by atoms with Crippen molar-refractivity contribution in [2.75, 3.05) is 18.0 Å². The third kappa shape index (κ3) is 3.54. The molecule has 0 aliphatic carbocycles. The topological polar surface area (TPSA) is 40.6 Å². The van der Waals surface area contributed by atoms with Crippen LogP contribution in [-0.4, -0.2) is 35.8 Å². The van der Waals surface area contributed by atoms with Crippen LogP contribution in [0, 0.1) is 13.8 Å². The van der Waals surface area contributed by atoms with E-state index in [4.69, 9.17) is 11.6 Å².